The number of benzene rings is 2. The topological polar surface area (TPSA) is 85.8 Å². The molecule has 7 nitrogen and oxygen atoms in total. The van der Waals surface area contributed by atoms with Crippen LogP contribution < -0.4 is 16.1 Å². The minimum atomic E-state index is -4.62. The summed E-state index contributed by atoms with van der Waals surface area (Å²) in [6, 6.07) is 10.5. The van der Waals surface area contributed by atoms with Gasteiger partial charge in [-0.2, -0.15) is 18.3 Å². The van der Waals surface area contributed by atoms with Gasteiger partial charge in [-0.15, -0.1) is 11.3 Å². The third-order valence-corrected chi connectivity index (χ3v) is 7.47. The van der Waals surface area contributed by atoms with Crippen molar-refractivity contribution < 1.29 is 22.8 Å². The number of nitrogens with zero attached hydrogens (tertiary/aromatic N) is 2. The Balaban J connectivity index is 1.63. The number of alkyl halides is 3. The average Bonchev–Trinajstić information content (AvgIpc) is 3.28. The Labute approximate surface area is 240 Å². The van der Waals surface area contributed by atoms with E-state index in [0.717, 1.165) is 50.1 Å². The summed E-state index contributed by atoms with van der Waals surface area (Å²) in [5.74, 6) is -0.980. The molecule has 0 unspecified atom stereocenters. The number of carbonyl (C=O) groups is 2. The van der Waals surface area contributed by atoms with Crippen LogP contribution in [-0.4, -0.2) is 49.1 Å². The van der Waals surface area contributed by atoms with Gasteiger partial charge in [-0.25, -0.2) is 5.43 Å². The molecule has 2 amide bonds. The van der Waals surface area contributed by atoms with E-state index in [0.29, 0.717) is 22.7 Å². The van der Waals surface area contributed by atoms with Crippen molar-refractivity contribution in [2.75, 3.05) is 31.5 Å². The van der Waals surface area contributed by atoms with Gasteiger partial charge >= 0.3 is 6.18 Å². The van der Waals surface area contributed by atoms with E-state index in [9.17, 15) is 22.8 Å². The van der Waals surface area contributed by atoms with Crippen molar-refractivity contribution in [3.63, 3.8) is 0 Å². The van der Waals surface area contributed by atoms with Crippen molar-refractivity contribution in [2.24, 2.45) is 5.10 Å². The van der Waals surface area contributed by atoms with Gasteiger partial charge in [-0.3, -0.25) is 9.59 Å². The van der Waals surface area contributed by atoms with Crippen LogP contribution in [0.3, 0.4) is 0 Å². The van der Waals surface area contributed by atoms with Crippen molar-refractivity contribution >= 4 is 46.0 Å². The lowest BCUT2D eigenvalue weighted by Crippen LogP contribution is -2.31. The molecule has 12 heteroatoms. The molecular formula is C28H31ClF3N5O2S. The summed E-state index contributed by atoms with van der Waals surface area (Å²) >= 11 is 6.83. The molecule has 0 saturated heterocycles. The van der Waals surface area contributed by atoms with Gasteiger partial charge in [-0.05, 0) is 66.3 Å². The first kappa shape index (κ1) is 31.3. The van der Waals surface area contributed by atoms with Gasteiger partial charge in [0.25, 0.3) is 11.8 Å². The molecule has 0 saturated carbocycles. The number of halogens is 4. The Hall–Kier alpha value is -3.25. The Kier molecular flexibility index (Phi) is 11.3. The zero-order valence-electron chi connectivity index (χ0n) is 22.4. The summed E-state index contributed by atoms with van der Waals surface area (Å²) in [5, 5.41) is 11.6. The molecule has 0 aliphatic heterocycles. The van der Waals surface area contributed by atoms with Crippen LogP contribution >= 0.6 is 22.9 Å². The van der Waals surface area contributed by atoms with E-state index < -0.39 is 22.7 Å². The Morgan fingerprint density at radius 2 is 1.85 bits per heavy atom. The van der Waals surface area contributed by atoms with E-state index in [1.807, 2.05) is 6.07 Å². The second-order valence-corrected chi connectivity index (χ2v) is 10.2. The summed E-state index contributed by atoms with van der Waals surface area (Å²) < 4.78 is 39.3. The average molecular weight is 594 g/mol. The van der Waals surface area contributed by atoms with Crippen LogP contribution in [0.5, 0.6) is 0 Å². The molecule has 3 N–H and O–H groups in total. The summed E-state index contributed by atoms with van der Waals surface area (Å²) in [6.45, 7) is 10.3. The third kappa shape index (κ3) is 8.62. The normalized spacial score (nSPS) is 11.8. The molecule has 2 aromatic carbocycles. The highest BCUT2D eigenvalue weighted by Gasteiger charge is 2.33. The fraction of sp³-hybridized carbons (Fsp3) is 0.321. The first-order valence-corrected chi connectivity index (χ1v) is 13.9. The summed E-state index contributed by atoms with van der Waals surface area (Å²) in [5.41, 5.74) is 3.66. The van der Waals surface area contributed by atoms with Crippen molar-refractivity contribution in [1.82, 2.24) is 15.6 Å². The highest BCUT2D eigenvalue weighted by atomic mass is 35.5. The Morgan fingerprint density at radius 3 is 2.55 bits per heavy atom. The number of nitrogens with one attached hydrogen (secondary N) is 3. The number of rotatable bonds is 12. The van der Waals surface area contributed by atoms with Crippen LogP contribution in [0, 0.1) is 6.92 Å². The number of likely N-dealkylation sites (N-methyl/N-ethyl adjacent to an activating group) is 1. The van der Waals surface area contributed by atoms with Gasteiger partial charge in [-0.1, -0.05) is 43.6 Å². The highest BCUT2D eigenvalue weighted by molar-refractivity contribution is 7.15. The van der Waals surface area contributed by atoms with E-state index in [2.05, 4.69) is 39.9 Å². The molecule has 0 radical (unpaired) electrons. The molecule has 0 fully saturated rings. The highest BCUT2D eigenvalue weighted by Crippen LogP contribution is 2.35. The standard InChI is InChI=1S/C28H31ClF3N5O2S/c1-4-37(5-2)12-11-33-15-19-7-6-8-21(13-19)25(38)35-27-24(18(3)17-40-27)26(39)36-34-16-20-9-10-23(29)22(14-20)28(30,31)32/h6-10,13-14,16-17,33H,4-5,11-12,15H2,1-3H3,(H,35,38)(H,36,39)/b34-16+. The quantitative estimate of drug-likeness (QED) is 0.133. The zero-order valence-corrected chi connectivity index (χ0v) is 23.9. The largest absolute Gasteiger partial charge is 0.417 e. The van der Waals surface area contributed by atoms with E-state index in [1.165, 1.54) is 17.4 Å². The lowest BCUT2D eigenvalue weighted by Gasteiger charge is -2.18. The van der Waals surface area contributed by atoms with Crippen molar-refractivity contribution in [3.8, 4) is 0 Å². The van der Waals surface area contributed by atoms with Crippen molar-refractivity contribution in [2.45, 2.75) is 33.5 Å². The molecule has 0 atom stereocenters. The molecule has 40 heavy (non-hydrogen) atoms. The Morgan fingerprint density at radius 1 is 1.10 bits per heavy atom. The second-order valence-electron chi connectivity index (χ2n) is 8.92. The van der Waals surface area contributed by atoms with Crippen molar-refractivity contribution in [1.29, 1.82) is 0 Å². The predicted molar refractivity (Wildman–Crippen MR) is 154 cm³/mol. The van der Waals surface area contributed by atoms with Crippen molar-refractivity contribution in [3.05, 3.63) is 86.2 Å². The van der Waals surface area contributed by atoms with Crippen LogP contribution in [0.1, 0.15) is 56.8 Å². The second kappa shape index (κ2) is 14.4. The summed E-state index contributed by atoms with van der Waals surface area (Å²) in [4.78, 5) is 28.2. The van der Waals surface area contributed by atoms with Gasteiger partial charge in [0.2, 0.25) is 0 Å². The molecule has 0 bridgehead atoms. The van der Waals surface area contributed by atoms with Crippen LogP contribution in [-0.2, 0) is 12.7 Å². The third-order valence-electron chi connectivity index (χ3n) is 6.12. The summed E-state index contributed by atoms with van der Waals surface area (Å²) in [7, 11) is 0. The van der Waals surface area contributed by atoms with Gasteiger partial charge in [0, 0.05) is 25.2 Å². The number of carbonyl (C=O) groups excluding carboxylic acids is 2. The molecule has 0 spiro atoms. The van der Waals surface area contributed by atoms with Gasteiger partial charge < -0.3 is 15.5 Å². The number of hydrogen-bond acceptors (Lipinski definition) is 6. The maximum absolute atomic E-state index is 13.1. The monoisotopic (exact) mass is 593 g/mol. The Bertz CT molecular complexity index is 1360. The number of anilines is 1. The lowest BCUT2D eigenvalue weighted by molar-refractivity contribution is -0.137. The number of amides is 2. The number of aryl methyl sites for hydroxylation is 1. The van der Waals surface area contributed by atoms with E-state index in [1.54, 1.807) is 30.5 Å². The fourth-order valence-electron chi connectivity index (χ4n) is 3.89. The molecule has 0 aliphatic carbocycles. The first-order chi connectivity index (χ1) is 19.0. The van der Waals surface area contributed by atoms with Gasteiger partial charge in [0.05, 0.1) is 22.4 Å². The molecule has 0 aliphatic rings. The molecular weight excluding hydrogens is 563 g/mol. The number of hydrogen-bond donors (Lipinski definition) is 3. The molecule has 3 aromatic rings. The molecule has 214 valence electrons. The number of thiophene rings is 1. The van der Waals surface area contributed by atoms with E-state index in [4.69, 9.17) is 11.6 Å². The van der Waals surface area contributed by atoms with Gasteiger partial charge in [0.1, 0.15) is 5.00 Å². The number of hydrazone groups is 1. The zero-order chi connectivity index (χ0) is 29.3. The maximum Gasteiger partial charge on any atom is 0.417 e. The smallest absolute Gasteiger partial charge is 0.313 e. The minimum Gasteiger partial charge on any atom is -0.313 e. The van der Waals surface area contributed by atoms with Crippen LogP contribution in [0.15, 0.2) is 52.9 Å². The SMILES string of the molecule is CCN(CC)CCNCc1cccc(C(=O)Nc2scc(C)c2C(=O)N/N=C/c2ccc(Cl)c(C(F)(F)F)c2)c1. The van der Waals surface area contributed by atoms with Crippen LogP contribution in [0.25, 0.3) is 0 Å². The molecule has 3 rings (SSSR count). The molecule has 1 heterocycles. The lowest BCUT2D eigenvalue weighted by atomic mass is 10.1. The van der Waals surface area contributed by atoms with Crippen LogP contribution in [0.2, 0.25) is 5.02 Å². The van der Waals surface area contributed by atoms with Crippen LogP contribution in [0.4, 0.5) is 18.2 Å². The fourth-order valence-corrected chi connectivity index (χ4v) is 5.05. The van der Waals surface area contributed by atoms with Gasteiger partial charge in [0.15, 0.2) is 0 Å². The molecule has 1 aromatic heterocycles. The minimum absolute atomic E-state index is 0.106. The first-order valence-electron chi connectivity index (χ1n) is 12.6. The summed E-state index contributed by atoms with van der Waals surface area (Å²) in [6.07, 6.45) is -3.53. The maximum atomic E-state index is 13.1. The van der Waals surface area contributed by atoms with E-state index in [-0.39, 0.29) is 17.0 Å². The van der Waals surface area contributed by atoms with E-state index >= 15 is 0 Å². The predicted octanol–water partition coefficient (Wildman–Crippen LogP) is 6.18.